The second kappa shape index (κ2) is 4.37. The highest BCUT2D eigenvalue weighted by molar-refractivity contribution is 5.85. The predicted octanol–water partition coefficient (Wildman–Crippen LogP) is 2.18. The Labute approximate surface area is 74.0 Å². The van der Waals surface area contributed by atoms with Crippen LogP contribution >= 0.6 is 12.4 Å². The first-order valence-electron chi connectivity index (χ1n) is 3.50. The summed E-state index contributed by atoms with van der Waals surface area (Å²) in [5.41, 5.74) is 9.33. The molecule has 0 saturated heterocycles. The summed E-state index contributed by atoms with van der Waals surface area (Å²) in [7, 11) is 0. The molecule has 0 heterocycles. The van der Waals surface area contributed by atoms with Crippen molar-refractivity contribution in [3.05, 3.63) is 34.9 Å². The number of halogens is 1. The van der Waals surface area contributed by atoms with Gasteiger partial charge in [-0.15, -0.1) is 12.4 Å². The molecule has 0 amide bonds. The minimum atomic E-state index is 0. The third-order valence-corrected chi connectivity index (χ3v) is 1.81. The summed E-state index contributed by atoms with van der Waals surface area (Å²) in [6.45, 7) is 4.85. The molecule has 0 unspecified atom stereocenters. The first kappa shape index (κ1) is 10.5. The van der Waals surface area contributed by atoms with Crippen molar-refractivity contribution in [1.29, 1.82) is 0 Å². The third kappa shape index (κ3) is 2.52. The Morgan fingerprint density at radius 2 is 1.82 bits per heavy atom. The Bertz CT molecular complexity index is 233. The normalized spacial score (nSPS) is 9.00. The predicted molar refractivity (Wildman–Crippen MR) is 51.1 cm³/mol. The summed E-state index contributed by atoms with van der Waals surface area (Å²) in [5.74, 6) is 0. The van der Waals surface area contributed by atoms with Gasteiger partial charge in [-0.05, 0) is 30.5 Å². The van der Waals surface area contributed by atoms with E-state index in [0.29, 0.717) is 6.54 Å². The van der Waals surface area contributed by atoms with Gasteiger partial charge in [0, 0.05) is 6.54 Å². The van der Waals surface area contributed by atoms with Crippen molar-refractivity contribution in [3.8, 4) is 0 Å². The number of hydrogen-bond donors (Lipinski definition) is 1. The smallest absolute Gasteiger partial charge is 0.0178 e. The molecule has 0 bridgehead atoms. The van der Waals surface area contributed by atoms with E-state index in [2.05, 4.69) is 32.0 Å². The zero-order chi connectivity index (χ0) is 7.56. The zero-order valence-corrected chi connectivity index (χ0v) is 7.74. The summed E-state index contributed by atoms with van der Waals surface area (Å²) in [5, 5.41) is 0. The maximum atomic E-state index is 5.47. The fourth-order valence-electron chi connectivity index (χ4n) is 0.930. The number of nitrogens with two attached hydrogens (primary N) is 1. The van der Waals surface area contributed by atoms with E-state index in [1.807, 2.05) is 0 Å². The molecule has 0 aromatic heterocycles. The van der Waals surface area contributed by atoms with Gasteiger partial charge in [0.2, 0.25) is 0 Å². The van der Waals surface area contributed by atoms with Gasteiger partial charge in [0.05, 0.1) is 0 Å². The standard InChI is InChI=1S/C9H13N.ClH/c1-7-3-4-9(6-10)5-8(7)2;/h3-5H,6,10H2,1-2H3;1H. The Balaban J connectivity index is 0.000001000. The molecule has 2 N–H and O–H groups in total. The summed E-state index contributed by atoms with van der Waals surface area (Å²) in [6, 6.07) is 6.31. The highest BCUT2D eigenvalue weighted by Gasteiger charge is 1.92. The number of aryl methyl sites for hydroxylation is 2. The molecule has 0 aliphatic rings. The first-order chi connectivity index (χ1) is 4.74. The zero-order valence-electron chi connectivity index (χ0n) is 6.92. The topological polar surface area (TPSA) is 26.0 Å². The van der Waals surface area contributed by atoms with Crippen molar-refractivity contribution in [1.82, 2.24) is 0 Å². The van der Waals surface area contributed by atoms with Gasteiger partial charge in [-0.2, -0.15) is 0 Å². The fraction of sp³-hybridized carbons (Fsp3) is 0.333. The molecule has 0 atom stereocenters. The average molecular weight is 172 g/mol. The van der Waals surface area contributed by atoms with Crippen molar-refractivity contribution in [2.45, 2.75) is 20.4 Å². The molecule has 1 aromatic rings. The molecule has 0 saturated carbocycles. The summed E-state index contributed by atoms with van der Waals surface area (Å²) in [4.78, 5) is 0. The Morgan fingerprint density at radius 3 is 2.27 bits per heavy atom. The number of benzene rings is 1. The maximum absolute atomic E-state index is 5.47. The van der Waals surface area contributed by atoms with Crippen LogP contribution in [-0.4, -0.2) is 0 Å². The van der Waals surface area contributed by atoms with Crippen molar-refractivity contribution < 1.29 is 0 Å². The second-order valence-electron chi connectivity index (χ2n) is 2.62. The van der Waals surface area contributed by atoms with Gasteiger partial charge >= 0.3 is 0 Å². The monoisotopic (exact) mass is 171 g/mol. The van der Waals surface area contributed by atoms with Gasteiger partial charge in [0.1, 0.15) is 0 Å². The van der Waals surface area contributed by atoms with Crippen LogP contribution in [-0.2, 0) is 6.54 Å². The number of hydrogen-bond acceptors (Lipinski definition) is 1. The Morgan fingerprint density at radius 1 is 1.18 bits per heavy atom. The lowest BCUT2D eigenvalue weighted by Crippen LogP contribution is -1.96. The van der Waals surface area contributed by atoms with E-state index < -0.39 is 0 Å². The van der Waals surface area contributed by atoms with Crippen LogP contribution in [0.3, 0.4) is 0 Å². The minimum Gasteiger partial charge on any atom is -0.326 e. The van der Waals surface area contributed by atoms with Crippen LogP contribution < -0.4 is 5.73 Å². The molecule has 1 nitrogen and oxygen atoms in total. The van der Waals surface area contributed by atoms with Gasteiger partial charge in [0.15, 0.2) is 0 Å². The van der Waals surface area contributed by atoms with E-state index in [1.165, 1.54) is 16.7 Å². The van der Waals surface area contributed by atoms with Crippen LogP contribution in [0.2, 0.25) is 0 Å². The molecule has 2 heteroatoms. The molecule has 62 valence electrons. The van der Waals surface area contributed by atoms with Gasteiger partial charge < -0.3 is 5.73 Å². The van der Waals surface area contributed by atoms with Crippen LogP contribution in [0.1, 0.15) is 16.7 Å². The molecule has 1 rings (SSSR count). The maximum Gasteiger partial charge on any atom is 0.0178 e. The molecular formula is C9H14ClN. The quantitative estimate of drug-likeness (QED) is 0.689. The van der Waals surface area contributed by atoms with Crippen molar-refractivity contribution >= 4 is 12.4 Å². The molecule has 0 aliphatic heterocycles. The largest absolute Gasteiger partial charge is 0.326 e. The van der Waals surface area contributed by atoms with E-state index in [0.717, 1.165) is 0 Å². The summed E-state index contributed by atoms with van der Waals surface area (Å²) < 4.78 is 0. The molecular weight excluding hydrogens is 158 g/mol. The van der Waals surface area contributed by atoms with E-state index in [4.69, 9.17) is 5.73 Å². The lowest BCUT2D eigenvalue weighted by Gasteiger charge is -2.01. The number of rotatable bonds is 1. The van der Waals surface area contributed by atoms with Crippen molar-refractivity contribution in [3.63, 3.8) is 0 Å². The van der Waals surface area contributed by atoms with Crippen LogP contribution in [0, 0.1) is 13.8 Å². The second-order valence-corrected chi connectivity index (χ2v) is 2.62. The summed E-state index contributed by atoms with van der Waals surface area (Å²) >= 11 is 0. The Kier molecular flexibility index (Phi) is 4.16. The molecule has 0 fully saturated rings. The van der Waals surface area contributed by atoms with E-state index in [-0.39, 0.29) is 12.4 Å². The highest BCUT2D eigenvalue weighted by atomic mass is 35.5. The van der Waals surface area contributed by atoms with Crippen molar-refractivity contribution in [2.24, 2.45) is 5.73 Å². The van der Waals surface area contributed by atoms with Gasteiger partial charge in [-0.25, -0.2) is 0 Å². The van der Waals surface area contributed by atoms with Crippen LogP contribution in [0.15, 0.2) is 18.2 Å². The van der Waals surface area contributed by atoms with Crippen LogP contribution in [0.25, 0.3) is 0 Å². The van der Waals surface area contributed by atoms with E-state index in [9.17, 15) is 0 Å². The van der Waals surface area contributed by atoms with E-state index in [1.54, 1.807) is 0 Å². The molecule has 0 spiro atoms. The fourth-order valence-corrected chi connectivity index (χ4v) is 0.930. The summed E-state index contributed by atoms with van der Waals surface area (Å²) in [6.07, 6.45) is 0. The van der Waals surface area contributed by atoms with Gasteiger partial charge in [-0.3, -0.25) is 0 Å². The molecule has 11 heavy (non-hydrogen) atoms. The lowest BCUT2D eigenvalue weighted by atomic mass is 10.1. The average Bonchev–Trinajstić information content (AvgIpc) is 1.95. The molecule has 0 aliphatic carbocycles. The molecule has 1 aromatic carbocycles. The SMILES string of the molecule is Cc1ccc(CN)cc1C.Cl. The minimum absolute atomic E-state index is 0. The third-order valence-electron chi connectivity index (χ3n) is 1.81. The van der Waals surface area contributed by atoms with Crippen molar-refractivity contribution in [2.75, 3.05) is 0 Å². The highest BCUT2D eigenvalue weighted by Crippen LogP contribution is 2.08. The van der Waals surface area contributed by atoms with Gasteiger partial charge in [0.25, 0.3) is 0 Å². The lowest BCUT2D eigenvalue weighted by molar-refractivity contribution is 1.06. The van der Waals surface area contributed by atoms with Crippen LogP contribution in [0.4, 0.5) is 0 Å². The van der Waals surface area contributed by atoms with Gasteiger partial charge in [-0.1, -0.05) is 18.2 Å². The molecule has 0 radical (unpaired) electrons. The Hall–Kier alpha value is -0.530. The first-order valence-corrected chi connectivity index (χ1v) is 3.50. The van der Waals surface area contributed by atoms with E-state index >= 15 is 0 Å². The van der Waals surface area contributed by atoms with Crippen LogP contribution in [0.5, 0.6) is 0 Å².